The van der Waals surface area contributed by atoms with E-state index in [-0.39, 0.29) is 0 Å². The molecule has 0 atom stereocenters. The average molecular weight is 691 g/mol. The molecule has 0 bridgehead atoms. The number of benzene rings is 2. The van der Waals surface area contributed by atoms with Crippen LogP contribution in [0, 0.1) is 0 Å². The summed E-state index contributed by atoms with van der Waals surface area (Å²) < 4.78 is 14.7. The molecule has 0 aliphatic rings. The summed E-state index contributed by atoms with van der Waals surface area (Å²) in [4.78, 5) is 37.1. The number of hydrogen-bond acceptors (Lipinski definition) is 8. The lowest BCUT2D eigenvalue weighted by molar-refractivity contribution is -0.167. The molecule has 50 heavy (non-hydrogen) atoms. The van der Waals surface area contributed by atoms with Crippen LogP contribution in [0.3, 0.4) is 0 Å². The Morgan fingerprint density at radius 2 is 0.940 bits per heavy atom. The highest BCUT2D eigenvalue weighted by Gasteiger charge is 2.24. The number of carbonyl (C=O) groups is 2. The number of carbonyl (C=O) groups excluding carboxylic acids is 2. The Hall–Kier alpha value is -4.02. The van der Waals surface area contributed by atoms with Crippen LogP contribution in [0.2, 0.25) is 0 Å². The summed E-state index contributed by atoms with van der Waals surface area (Å²) in [7, 11) is 0. The first kappa shape index (κ1) is 38.8. The van der Waals surface area contributed by atoms with Gasteiger partial charge in [-0.2, -0.15) is 9.46 Å². The molecule has 4 rings (SSSR count). The molecule has 0 fully saturated rings. The van der Waals surface area contributed by atoms with Crippen LogP contribution in [0.4, 0.5) is 0 Å². The Labute approximate surface area is 297 Å². The van der Waals surface area contributed by atoms with Gasteiger partial charge in [0.1, 0.15) is 11.5 Å². The van der Waals surface area contributed by atoms with E-state index in [1.54, 1.807) is 12.4 Å². The zero-order chi connectivity index (χ0) is 35.6. The molecular weight excluding hydrogens is 632 g/mol. The minimum Gasteiger partial charge on any atom is -0.494 e. The fraction of sp³-hybridized carbons (Fsp3) is 0.550. The quantitative estimate of drug-likeness (QED) is 0.0572. The van der Waals surface area contributed by atoms with Crippen molar-refractivity contribution < 1.29 is 28.7 Å². The smallest absolute Gasteiger partial charge is 0.444 e. The van der Waals surface area contributed by atoms with E-state index < -0.39 is 11.9 Å². The van der Waals surface area contributed by atoms with Crippen LogP contribution >= 0.6 is 0 Å². The minimum absolute atomic E-state index is 0.413. The van der Waals surface area contributed by atoms with Crippen molar-refractivity contribution in [2.45, 2.75) is 117 Å². The van der Waals surface area contributed by atoms with E-state index in [0.29, 0.717) is 50.2 Å². The molecule has 0 unspecified atom stereocenters. The van der Waals surface area contributed by atoms with Crippen LogP contribution in [0.15, 0.2) is 48.8 Å². The zero-order valence-electron chi connectivity index (χ0n) is 30.3. The van der Waals surface area contributed by atoms with Crippen molar-refractivity contribution in [3.8, 4) is 11.5 Å². The van der Waals surface area contributed by atoms with E-state index >= 15 is 0 Å². The highest BCUT2D eigenvalue weighted by molar-refractivity contribution is 6.30. The Bertz CT molecular complexity index is 1510. The molecule has 0 aliphatic heterocycles. The van der Waals surface area contributed by atoms with Crippen molar-refractivity contribution in [3.05, 3.63) is 59.9 Å². The number of unbranched alkanes of at least 4 members (excludes halogenated alkanes) is 12. The normalized spacial score (nSPS) is 11.4. The molecule has 2 heterocycles. The van der Waals surface area contributed by atoms with Crippen LogP contribution in [0.5, 0.6) is 11.5 Å². The summed E-state index contributed by atoms with van der Waals surface area (Å²) in [6.07, 6.45) is 21.5. The third-order valence-corrected chi connectivity index (χ3v) is 9.04. The van der Waals surface area contributed by atoms with Gasteiger partial charge in [-0.05, 0) is 86.3 Å². The summed E-state index contributed by atoms with van der Waals surface area (Å²) >= 11 is 0. The monoisotopic (exact) mass is 690 g/mol. The first-order chi connectivity index (χ1) is 24.5. The molecule has 0 saturated heterocycles. The molecule has 4 aromatic rings. The molecular formula is C40H58N4O6. The maximum Gasteiger partial charge on any atom is 0.444 e. The molecule has 10 nitrogen and oxygen atoms in total. The third-order valence-electron chi connectivity index (χ3n) is 9.04. The predicted molar refractivity (Wildman–Crippen MR) is 200 cm³/mol. The molecule has 10 heteroatoms. The third kappa shape index (κ3) is 11.5. The van der Waals surface area contributed by atoms with Crippen molar-refractivity contribution in [3.63, 3.8) is 0 Å². The van der Waals surface area contributed by atoms with Gasteiger partial charge in [-0.25, -0.2) is 9.59 Å². The van der Waals surface area contributed by atoms with Gasteiger partial charge in [0.25, 0.3) is 0 Å². The van der Waals surface area contributed by atoms with Crippen LogP contribution in [-0.4, -0.2) is 47.7 Å². The second-order valence-electron chi connectivity index (χ2n) is 13.1. The first-order valence-electron chi connectivity index (χ1n) is 18.9. The van der Waals surface area contributed by atoms with Gasteiger partial charge in [0, 0.05) is 23.2 Å². The van der Waals surface area contributed by atoms with Crippen molar-refractivity contribution >= 4 is 33.7 Å². The second kappa shape index (κ2) is 21.3. The predicted octanol–water partition coefficient (Wildman–Crippen LogP) is 7.47. The van der Waals surface area contributed by atoms with Crippen LogP contribution in [-0.2, 0) is 22.4 Å². The Morgan fingerprint density at radius 3 is 1.32 bits per heavy atom. The summed E-state index contributed by atoms with van der Waals surface area (Å²) in [6.45, 7) is 6.56. The topological polar surface area (TPSA) is 133 Å². The van der Waals surface area contributed by atoms with E-state index in [2.05, 4.69) is 13.8 Å². The lowest BCUT2D eigenvalue weighted by Gasteiger charge is -2.09. The summed E-state index contributed by atoms with van der Waals surface area (Å²) in [5.74, 6) is -0.830. The highest BCUT2D eigenvalue weighted by Crippen LogP contribution is 2.28. The fourth-order valence-corrected chi connectivity index (χ4v) is 6.28. The molecule has 2 aromatic heterocycles. The van der Waals surface area contributed by atoms with E-state index in [1.807, 2.05) is 36.4 Å². The number of nitrogens with zero attached hydrogens (tertiary/aromatic N) is 2. The zero-order valence-corrected chi connectivity index (χ0v) is 30.3. The van der Waals surface area contributed by atoms with Gasteiger partial charge in [-0.3, -0.25) is 0 Å². The average Bonchev–Trinajstić information content (AvgIpc) is 3.63. The Kier molecular flexibility index (Phi) is 16.5. The fourth-order valence-electron chi connectivity index (χ4n) is 6.28. The van der Waals surface area contributed by atoms with Gasteiger partial charge in [0.05, 0.1) is 24.2 Å². The van der Waals surface area contributed by atoms with Gasteiger partial charge >= 0.3 is 11.9 Å². The van der Waals surface area contributed by atoms with Crippen molar-refractivity contribution in [2.24, 2.45) is 11.5 Å². The first-order valence-corrected chi connectivity index (χ1v) is 18.9. The van der Waals surface area contributed by atoms with Crippen LogP contribution in [0.1, 0.15) is 115 Å². The van der Waals surface area contributed by atoms with E-state index in [9.17, 15) is 9.59 Å². The second-order valence-corrected chi connectivity index (χ2v) is 13.1. The number of nitrogens with two attached hydrogens (primary N) is 2. The Morgan fingerprint density at radius 1 is 0.560 bits per heavy atom. The van der Waals surface area contributed by atoms with Crippen molar-refractivity contribution in [1.29, 1.82) is 0 Å². The van der Waals surface area contributed by atoms with E-state index in [4.69, 9.17) is 30.6 Å². The van der Waals surface area contributed by atoms with Crippen LogP contribution < -0.4 is 30.6 Å². The summed E-state index contributed by atoms with van der Waals surface area (Å²) in [6, 6.07) is 11.2. The molecule has 0 radical (unpaired) electrons. The largest absolute Gasteiger partial charge is 0.494 e. The van der Waals surface area contributed by atoms with E-state index in [0.717, 1.165) is 59.1 Å². The molecule has 0 spiro atoms. The number of aromatic nitrogens is 2. The standard InChI is InChI=1S/C40H58N4O6/c1-3-5-7-9-11-13-15-25-47-33-17-19-37-35(27-33)31(21-23-41)29-43(37)49-39(45)40(46)50-44-30-32(22-24-42)36-28-34(18-20-38(36)44)48-26-16-14-12-10-8-6-4-2/h17-20,27-30H,3-16,21-26,41-42H2,1-2H3. The number of fused-ring (bicyclic) bond motifs is 2. The van der Waals surface area contributed by atoms with E-state index in [1.165, 1.54) is 73.7 Å². The highest BCUT2D eigenvalue weighted by atomic mass is 16.7. The van der Waals surface area contributed by atoms with Gasteiger partial charge in [0.2, 0.25) is 0 Å². The number of rotatable bonds is 24. The van der Waals surface area contributed by atoms with Gasteiger partial charge in [-0.15, -0.1) is 0 Å². The number of ether oxygens (including phenoxy) is 2. The van der Waals surface area contributed by atoms with Gasteiger partial charge in [-0.1, -0.05) is 90.9 Å². The molecule has 0 saturated carbocycles. The van der Waals surface area contributed by atoms with Crippen LogP contribution in [0.25, 0.3) is 21.8 Å². The summed E-state index contributed by atoms with van der Waals surface area (Å²) in [5.41, 5.74) is 14.8. The minimum atomic E-state index is -1.16. The molecule has 4 N–H and O–H groups in total. The maximum absolute atomic E-state index is 13.0. The SMILES string of the molecule is CCCCCCCCCOc1ccc2c(c1)c(CCN)cn2OC(=O)C(=O)On1cc(CCN)c2cc(OCCCCCCCCC)ccc21. The van der Waals surface area contributed by atoms with Crippen molar-refractivity contribution in [1.82, 2.24) is 9.46 Å². The summed E-state index contributed by atoms with van der Waals surface area (Å²) in [5, 5.41) is 1.70. The molecule has 0 amide bonds. The molecule has 274 valence electrons. The lowest BCUT2D eigenvalue weighted by Crippen LogP contribution is -2.34. The van der Waals surface area contributed by atoms with Gasteiger partial charge < -0.3 is 30.6 Å². The Balaban J connectivity index is 1.36. The van der Waals surface area contributed by atoms with Gasteiger partial charge in [0.15, 0.2) is 0 Å². The maximum atomic E-state index is 13.0. The molecule has 2 aromatic carbocycles. The molecule has 0 aliphatic carbocycles. The number of hydrogen-bond donors (Lipinski definition) is 2. The lowest BCUT2D eigenvalue weighted by atomic mass is 10.1. The van der Waals surface area contributed by atoms with Crippen molar-refractivity contribution in [2.75, 3.05) is 26.3 Å².